The van der Waals surface area contributed by atoms with Gasteiger partial charge in [-0.25, -0.2) is 4.39 Å². The number of benzene rings is 2. The number of anilines is 1. The van der Waals surface area contributed by atoms with Crippen molar-refractivity contribution in [1.82, 2.24) is 5.32 Å². The molecule has 2 amide bonds. The highest BCUT2D eigenvalue weighted by atomic mass is 19.1. The maximum absolute atomic E-state index is 12.9. The lowest BCUT2D eigenvalue weighted by Crippen LogP contribution is -2.45. The van der Waals surface area contributed by atoms with Crippen LogP contribution in [-0.2, 0) is 16.0 Å². The summed E-state index contributed by atoms with van der Waals surface area (Å²) in [5, 5.41) is 2.83. The summed E-state index contributed by atoms with van der Waals surface area (Å²) < 4.78 is 18.5. The summed E-state index contributed by atoms with van der Waals surface area (Å²) in [6.45, 7) is 2.47. The molecule has 2 aromatic rings. The van der Waals surface area contributed by atoms with Crippen LogP contribution in [0.25, 0.3) is 0 Å². The summed E-state index contributed by atoms with van der Waals surface area (Å²) in [6.07, 6.45) is 0.268. The molecule has 0 aliphatic carbocycles. The fourth-order valence-electron chi connectivity index (χ4n) is 2.89. The number of amides is 2. The fraction of sp³-hybridized carbons (Fsp3) is 0.300. The highest BCUT2D eigenvalue weighted by molar-refractivity contribution is 6.00. The average molecular weight is 356 g/mol. The van der Waals surface area contributed by atoms with E-state index in [4.69, 9.17) is 4.74 Å². The number of halogens is 1. The summed E-state index contributed by atoms with van der Waals surface area (Å²) in [5.74, 6) is 0.0955. The van der Waals surface area contributed by atoms with Gasteiger partial charge in [-0.3, -0.25) is 9.59 Å². The minimum Gasteiger partial charge on any atom is -0.479 e. The van der Waals surface area contributed by atoms with Gasteiger partial charge in [-0.2, -0.15) is 0 Å². The Labute approximate surface area is 151 Å². The van der Waals surface area contributed by atoms with Crippen LogP contribution in [0.2, 0.25) is 0 Å². The number of fused-ring (bicyclic) bond motifs is 1. The Morgan fingerprint density at radius 2 is 1.92 bits per heavy atom. The molecule has 2 aromatic carbocycles. The molecule has 136 valence electrons. The van der Waals surface area contributed by atoms with Crippen LogP contribution in [0.1, 0.15) is 18.9 Å². The van der Waals surface area contributed by atoms with Gasteiger partial charge in [0, 0.05) is 19.5 Å². The molecule has 5 nitrogen and oxygen atoms in total. The van der Waals surface area contributed by atoms with E-state index in [0.717, 1.165) is 5.56 Å². The van der Waals surface area contributed by atoms with Crippen molar-refractivity contribution >= 4 is 17.5 Å². The second kappa shape index (κ2) is 7.99. The number of nitrogens with one attached hydrogen (secondary N) is 1. The molecule has 0 radical (unpaired) electrons. The molecular weight excluding hydrogens is 335 g/mol. The lowest BCUT2D eigenvalue weighted by atomic mass is 10.1. The van der Waals surface area contributed by atoms with Crippen LogP contribution in [0.5, 0.6) is 5.75 Å². The Balaban J connectivity index is 1.51. The topological polar surface area (TPSA) is 58.6 Å². The van der Waals surface area contributed by atoms with Crippen molar-refractivity contribution in [3.05, 3.63) is 59.9 Å². The van der Waals surface area contributed by atoms with E-state index in [9.17, 15) is 14.0 Å². The lowest BCUT2D eigenvalue weighted by molar-refractivity contribution is -0.125. The lowest BCUT2D eigenvalue weighted by Gasteiger charge is -2.32. The Morgan fingerprint density at radius 3 is 2.69 bits per heavy atom. The molecule has 0 aromatic heterocycles. The number of carbonyl (C=O) groups excluding carboxylic acids is 2. The molecule has 0 fully saturated rings. The molecule has 6 heteroatoms. The van der Waals surface area contributed by atoms with Gasteiger partial charge in [0.05, 0.1) is 5.69 Å². The van der Waals surface area contributed by atoms with Crippen molar-refractivity contribution < 1.29 is 18.7 Å². The van der Waals surface area contributed by atoms with Gasteiger partial charge in [-0.15, -0.1) is 0 Å². The van der Waals surface area contributed by atoms with Crippen LogP contribution < -0.4 is 15.0 Å². The summed E-state index contributed by atoms with van der Waals surface area (Å²) in [6, 6.07) is 13.5. The first kappa shape index (κ1) is 17.9. The molecule has 0 saturated carbocycles. The summed E-state index contributed by atoms with van der Waals surface area (Å²) in [7, 11) is 0. The number of hydrogen-bond acceptors (Lipinski definition) is 3. The molecule has 1 aliphatic rings. The Morgan fingerprint density at radius 1 is 1.19 bits per heavy atom. The maximum atomic E-state index is 12.9. The van der Waals surface area contributed by atoms with E-state index in [-0.39, 0.29) is 24.1 Å². The van der Waals surface area contributed by atoms with Crippen molar-refractivity contribution in [3.8, 4) is 5.75 Å². The fourth-order valence-corrected chi connectivity index (χ4v) is 2.89. The number of rotatable bonds is 6. The van der Waals surface area contributed by atoms with Gasteiger partial charge >= 0.3 is 0 Å². The smallest absolute Gasteiger partial charge is 0.267 e. The zero-order chi connectivity index (χ0) is 18.5. The monoisotopic (exact) mass is 356 g/mol. The zero-order valence-electron chi connectivity index (χ0n) is 14.6. The van der Waals surface area contributed by atoms with Crippen molar-refractivity contribution in [1.29, 1.82) is 0 Å². The van der Waals surface area contributed by atoms with Gasteiger partial charge in [0.1, 0.15) is 11.6 Å². The van der Waals surface area contributed by atoms with Crippen molar-refractivity contribution in [2.24, 2.45) is 0 Å². The Hall–Kier alpha value is -2.89. The number of hydrogen-bond donors (Lipinski definition) is 1. The van der Waals surface area contributed by atoms with Crippen molar-refractivity contribution in [3.63, 3.8) is 0 Å². The average Bonchev–Trinajstić information content (AvgIpc) is 2.64. The van der Waals surface area contributed by atoms with Gasteiger partial charge < -0.3 is 15.0 Å². The first-order chi connectivity index (χ1) is 12.5. The number of carbonyl (C=O) groups is 2. The van der Waals surface area contributed by atoms with E-state index >= 15 is 0 Å². The highest BCUT2D eigenvalue weighted by Crippen LogP contribution is 2.33. The highest BCUT2D eigenvalue weighted by Gasteiger charge is 2.31. The third kappa shape index (κ3) is 4.20. The molecule has 0 spiro atoms. The van der Waals surface area contributed by atoms with Crippen LogP contribution in [0.15, 0.2) is 48.5 Å². The molecule has 0 bridgehead atoms. The van der Waals surface area contributed by atoms with E-state index in [1.807, 2.05) is 24.3 Å². The standard InChI is InChI=1S/C20H21FN2O3/c1-14-20(25)23(17-4-2-3-5-18(17)26-14)13-11-19(24)22-12-10-15-6-8-16(21)9-7-15/h2-9,14H,10-13H2,1H3,(H,22,24)/t14-/m0/s1. The summed E-state index contributed by atoms with van der Waals surface area (Å²) in [5.41, 5.74) is 1.65. The van der Waals surface area contributed by atoms with Crippen LogP contribution >= 0.6 is 0 Å². The summed E-state index contributed by atoms with van der Waals surface area (Å²) >= 11 is 0. The largest absolute Gasteiger partial charge is 0.479 e. The number of ether oxygens (including phenoxy) is 1. The van der Waals surface area contributed by atoms with Gasteiger partial charge in [-0.05, 0) is 43.2 Å². The minimum absolute atomic E-state index is 0.128. The second-order valence-electron chi connectivity index (χ2n) is 6.19. The number of para-hydroxylation sites is 2. The minimum atomic E-state index is -0.563. The van der Waals surface area contributed by atoms with Crippen molar-refractivity contribution in [2.45, 2.75) is 25.9 Å². The Bertz CT molecular complexity index is 792. The van der Waals surface area contributed by atoms with Crippen molar-refractivity contribution in [2.75, 3.05) is 18.0 Å². The first-order valence-corrected chi connectivity index (χ1v) is 8.63. The summed E-state index contributed by atoms with van der Waals surface area (Å²) in [4.78, 5) is 26.1. The predicted octanol–water partition coefficient (Wildman–Crippen LogP) is 2.69. The van der Waals surface area contributed by atoms with Gasteiger partial charge in [0.2, 0.25) is 5.91 Å². The van der Waals surface area contributed by atoms with Gasteiger partial charge in [-0.1, -0.05) is 24.3 Å². The molecule has 0 saturated heterocycles. The molecule has 1 heterocycles. The third-order valence-corrected chi connectivity index (χ3v) is 4.29. The second-order valence-corrected chi connectivity index (χ2v) is 6.19. The zero-order valence-corrected chi connectivity index (χ0v) is 14.6. The maximum Gasteiger partial charge on any atom is 0.267 e. The van der Waals surface area contributed by atoms with E-state index in [2.05, 4.69) is 5.32 Å². The first-order valence-electron chi connectivity index (χ1n) is 8.63. The van der Waals surface area contributed by atoms with E-state index < -0.39 is 6.10 Å². The van der Waals surface area contributed by atoms with Gasteiger partial charge in [0.15, 0.2) is 6.10 Å². The molecule has 1 atom stereocenters. The predicted molar refractivity (Wildman–Crippen MR) is 96.6 cm³/mol. The molecule has 0 unspecified atom stereocenters. The Kier molecular flexibility index (Phi) is 5.51. The molecule has 1 aliphatic heterocycles. The van der Waals surface area contributed by atoms with Crippen LogP contribution in [0, 0.1) is 5.82 Å². The SMILES string of the molecule is C[C@@H]1Oc2ccccc2N(CCC(=O)NCCc2ccc(F)cc2)C1=O. The quantitative estimate of drug-likeness (QED) is 0.866. The molecule has 3 rings (SSSR count). The van der Waals surface area contributed by atoms with E-state index in [1.54, 1.807) is 24.0 Å². The van der Waals surface area contributed by atoms with Crippen LogP contribution in [0.4, 0.5) is 10.1 Å². The molecular formula is C20H21FN2O3. The third-order valence-electron chi connectivity index (χ3n) is 4.29. The molecule has 26 heavy (non-hydrogen) atoms. The number of nitrogens with zero attached hydrogens (tertiary/aromatic N) is 1. The normalized spacial score (nSPS) is 16.0. The van der Waals surface area contributed by atoms with Crippen LogP contribution in [0.3, 0.4) is 0 Å². The van der Waals surface area contributed by atoms with Crippen LogP contribution in [-0.4, -0.2) is 31.0 Å². The van der Waals surface area contributed by atoms with E-state index in [0.29, 0.717) is 30.9 Å². The molecule has 1 N–H and O–H groups in total. The van der Waals surface area contributed by atoms with Gasteiger partial charge in [0.25, 0.3) is 5.91 Å². The van der Waals surface area contributed by atoms with E-state index in [1.165, 1.54) is 12.1 Å².